The third kappa shape index (κ3) is 2.61. The quantitative estimate of drug-likeness (QED) is 0.834. The van der Waals surface area contributed by atoms with Crippen LogP contribution in [-0.4, -0.2) is 34.3 Å². The number of aromatic nitrogens is 2. The van der Waals surface area contributed by atoms with E-state index < -0.39 is 0 Å². The molecular formula is C11H17ClN4O. The highest BCUT2D eigenvalue weighted by molar-refractivity contribution is 6.35. The zero-order valence-corrected chi connectivity index (χ0v) is 10.4. The van der Waals surface area contributed by atoms with Gasteiger partial charge in [0.15, 0.2) is 5.82 Å². The summed E-state index contributed by atoms with van der Waals surface area (Å²) in [5.41, 5.74) is 5.69. The van der Waals surface area contributed by atoms with Gasteiger partial charge in [0.25, 0.3) is 0 Å². The monoisotopic (exact) mass is 256 g/mol. The smallest absolute Gasteiger partial charge is 0.153 e. The Bertz CT molecular complexity index is 384. The fourth-order valence-electron chi connectivity index (χ4n) is 1.97. The summed E-state index contributed by atoms with van der Waals surface area (Å²) < 4.78 is 0. The Balaban J connectivity index is 2.21. The molecule has 1 heterocycles. The van der Waals surface area contributed by atoms with Crippen LogP contribution in [0, 0.1) is 0 Å². The van der Waals surface area contributed by atoms with Crippen LogP contribution < -0.4 is 10.6 Å². The minimum Gasteiger partial charge on any atom is -0.396 e. The first-order valence-electron chi connectivity index (χ1n) is 5.87. The van der Waals surface area contributed by atoms with Crippen molar-refractivity contribution in [3.8, 4) is 0 Å². The molecule has 5 nitrogen and oxygen atoms in total. The van der Waals surface area contributed by atoms with Gasteiger partial charge in [0.2, 0.25) is 0 Å². The van der Waals surface area contributed by atoms with Gasteiger partial charge < -0.3 is 15.7 Å². The number of aliphatic hydroxyl groups is 1. The highest BCUT2D eigenvalue weighted by Gasteiger charge is 2.27. The van der Waals surface area contributed by atoms with Crippen LogP contribution in [0.4, 0.5) is 11.6 Å². The summed E-state index contributed by atoms with van der Waals surface area (Å²) in [6, 6.07) is 0.466. The first-order valence-corrected chi connectivity index (χ1v) is 6.25. The molecule has 0 aliphatic heterocycles. The van der Waals surface area contributed by atoms with Crippen molar-refractivity contribution >= 4 is 23.2 Å². The Kier molecular flexibility index (Phi) is 4.02. The largest absolute Gasteiger partial charge is 0.396 e. The lowest BCUT2D eigenvalue weighted by Crippen LogP contribution is -2.42. The molecule has 0 spiro atoms. The van der Waals surface area contributed by atoms with Gasteiger partial charge >= 0.3 is 0 Å². The molecular weight excluding hydrogens is 240 g/mol. The summed E-state index contributed by atoms with van der Waals surface area (Å²) in [7, 11) is 0. The number of aliphatic hydroxyl groups excluding tert-OH is 1. The Hall–Kier alpha value is -1.07. The minimum atomic E-state index is 0.168. The third-order valence-electron chi connectivity index (χ3n) is 3.14. The van der Waals surface area contributed by atoms with Crippen LogP contribution in [0.5, 0.6) is 0 Å². The average Bonchev–Trinajstić information content (AvgIpc) is 2.26. The van der Waals surface area contributed by atoms with Gasteiger partial charge in [-0.1, -0.05) is 11.6 Å². The lowest BCUT2D eigenvalue weighted by molar-refractivity contribution is 0.282. The van der Waals surface area contributed by atoms with Crippen LogP contribution in [0.2, 0.25) is 5.02 Å². The topological polar surface area (TPSA) is 75.3 Å². The maximum atomic E-state index is 8.94. The first-order chi connectivity index (χ1) is 8.24. The predicted octanol–water partition coefficient (Wildman–Crippen LogP) is 1.45. The maximum Gasteiger partial charge on any atom is 0.153 e. The number of nitrogen functional groups attached to an aromatic ring is 1. The Labute approximate surface area is 106 Å². The molecule has 1 aliphatic carbocycles. The number of hydrogen-bond donors (Lipinski definition) is 2. The molecule has 0 amide bonds. The van der Waals surface area contributed by atoms with E-state index in [4.69, 9.17) is 22.4 Å². The first kappa shape index (κ1) is 12.4. The van der Waals surface area contributed by atoms with E-state index in [0.717, 1.165) is 19.4 Å². The number of nitrogens with two attached hydrogens (primary N) is 1. The normalized spacial score (nSPS) is 15.6. The van der Waals surface area contributed by atoms with Crippen molar-refractivity contribution < 1.29 is 5.11 Å². The van der Waals surface area contributed by atoms with Crippen molar-refractivity contribution in [2.75, 3.05) is 23.8 Å². The van der Waals surface area contributed by atoms with Crippen LogP contribution >= 0.6 is 11.6 Å². The number of anilines is 2. The molecule has 1 aromatic rings. The molecule has 0 unspecified atom stereocenters. The molecule has 2 rings (SSSR count). The lowest BCUT2D eigenvalue weighted by Gasteiger charge is -2.38. The van der Waals surface area contributed by atoms with Crippen LogP contribution in [-0.2, 0) is 0 Å². The Morgan fingerprint density at radius 2 is 2.24 bits per heavy atom. The van der Waals surface area contributed by atoms with E-state index >= 15 is 0 Å². The van der Waals surface area contributed by atoms with Crippen LogP contribution in [0.1, 0.15) is 25.7 Å². The van der Waals surface area contributed by atoms with E-state index in [2.05, 4.69) is 14.9 Å². The number of rotatable bonds is 5. The van der Waals surface area contributed by atoms with Gasteiger partial charge in [-0.3, -0.25) is 0 Å². The van der Waals surface area contributed by atoms with E-state index in [1.165, 1.54) is 12.7 Å². The SMILES string of the molecule is Nc1ncnc(N(CCCO)C2CCC2)c1Cl. The third-order valence-corrected chi connectivity index (χ3v) is 3.51. The van der Waals surface area contributed by atoms with E-state index in [-0.39, 0.29) is 6.61 Å². The van der Waals surface area contributed by atoms with Gasteiger partial charge in [-0.15, -0.1) is 0 Å². The fourth-order valence-corrected chi connectivity index (χ4v) is 2.18. The van der Waals surface area contributed by atoms with Crippen LogP contribution in [0.15, 0.2) is 6.33 Å². The molecule has 1 fully saturated rings. The van der Waals surface area contributed by atoms with E-state index in [9.17, 15) is 0 Å². The lowest BCUT2D eigenvalue weighted by atomic mass is 9.91. The van der Waals surface area contributed by atoms with E-state index in [0.29, 0.717) is 29.1 Å². The van der Waals surface area contributed by atoms with Crippen molar-refractivity contribution in [1.82, 2.24) is 9.97 Å². The number of nitrogens with zero attached hydrogens (tertiary/aromatic N) is 3. The van der Waals surface area contributed by atoms with E-state index in [1.807, 2.05) is 0 Å². The van der Waals surface area contributed by atoms with Crippen molar-refractivity contribution in [3.05, 3.63) is 11.3 Å². The van der Waals surface area contributed by atoms with Crippen molar-refractivity contribution in [1.29, 1.82) is 0 Å². The molecule has 1 saturated carbocycles. The molecule has 0 saturated heterocycles. The standard InChI is InChI=1S/C11H17ClN4O/c12-9-10(13)14-7-15-11(9)16(5-2-6-17)8-3-1-4-8/h7-8,17H,1-6H2,(H2,13,14,15). The molecule has 0 atom stereocenters. The highest BCUT2D eigenvalue weighted by Crippen LogP contribution is 2.34. The molecule has 17 heavy (non-hydrogen) atoms. The Morgan fingerprint density at radius 3 is 2.82 bits per heavy atom. The second kappa shape index (κ2) is 5.51. The van der Waals surface area contributed by atoms with Gasteiger partial charge in [0, 0.05) is 19.2 Å². The van der Waals surface area contributed by atoms with Crippen molar-refractivity contribution in [2.24, 2.45) is 0 Å². The molecule has 94 valence electrons. The minimum absolute atomic E-state index is 0.168. The second-order valence-corrected chi connectivity index (χ2v) is 4.63. The molecule has 1 aromatic heterocycles. The Morgan fingerprint density at radius 1 is 1.47 bits per heavy atom. The zero-order chi connectivity index (χ0) is 12.3. The number of hydrogen-bond acceptors (Lipinski definition) is 5. The average molecular weight is 257 g/mol. The predicted molar refractivity (Wildman–Crippen MR) is 68.1 cm³/mol. The molecule has 0 radical (unpaired) electrons. The molecule has 0 aromatic carbocycles. The van der Waals surface area contributed by atoms with Gasteiger partial charge in [0.1, 0.15) is 17.2 Å². The van der Waals surface area contributed by atoms with E-state index in [1.54, 1.807) is 0 Å². The summed E-state index contributed by atoms with van der Waals surface area (Å²) in [6.07, 6.45) is 5.66. The van der Waals surface area contributed by atoms with Crippen molar-refractivity contribution in [2.45, 2.75) is 31.7 Å². The highest BCUT2D eigenvalue weighted by atomic mass is 35.5. The maximum absolute atomic E-state index is 8.94. The molecule has 3 N–H and O–H groups in total. The fraction of sp³-hybridized carbons (Fsp3) is 0.636. The van der Waals surface area contributed by atoms with Gasteiger partial charge in [-0.05, 0) is 25.7 Å². The summed E-state index contributed by atoms with van der Waals surface area (Å²) >= 11 is 6.14. The van der Waals surface area contributed by atoms with Crippen LogP contribution in [0.25, 0.3) is 0 Å². The molecule has 0 bridgehead atoms. The van der Waals surface area contributed by atoms with Gasteiger partial charge in [-0.2, -0.15) is 0 Å². The molecule has 1 aliphatic rings. The second-order valence-electron chi connectivity index (χ2n) is 4.25. The summed E-state index contributed by atoms with van der Waals surface area (Å²) in [6.45, 7) is 0.915. The summed E-state index contributed by atoms with van der Waals surface area (Å²) in [4.78, 5) is 10.2. The zero-order valence-electron chi connectivity index (χ0n) is 9.64. The molecule has 6 heteroatoms. The number of halogens is 1. The van der Waals surface area contributed by atoms with Crippen molar-refractivity contribution in [3.63, 3.8) is 0 Å². The van der Waals surface area contributed by atoms with Gasteiger partial charge in [0.05, 0.1) is 0 Å². The van der Waals surface area contributed by atoms with Gasteiger partial charge in [-0.25, -0.2) is 9.97 Å². The summed E-state index contributed by atoms with van der Waals surface area (Å²) in [5, 5.41) is 9.36. The summed E-state index contributed by atoms with van der Waals surface area (Å²) in [5.74, 6) is 1.00. The van der Waals surface area contributed by atoms with Crippen LogP contribution in [0.3, 0.4) is 0 Å².